The fraction of sp³-hybridized carbons (Fsp3) is 0.476. The number of benzene rings is 1. The monoisotopic (exact) mass is 403 g/mol. The molecule has 28 heavy (non-hydrogen) atoms. The molecule has 1 N–H and O–H groups in total. The summed E-state index contributed by atoms with van der Waals surface area (Å²) in [6.07, 6.45) is 1.02. The Morgan fingerprint density at radius 1 is 1.29 bits per heavy atom. The van der Waals surface area contributed by atoms with E-state index in [0.29, 0.717) is 5.92 Å². The van der Waals surface area contributed by atoms with Gasteiger partial charge in [0.1, 0.15) is 0 Å². The molecule has 0 saturated carbocycles. The molecular formula is C21H29N3O3S. The number of carboxylic acid groups (broad SMARTS) is 1. The maximum atomic E-state index is 12.9. The lowest BCUT2D eigenvalue weighted by Crippen LogP contribution is -2.35. The number of nitrogens with zero attached hydrogens (tertiary/aromatic N) is 3. The van der Waals surface area contributed by atoms with Gasteiger partial charge in [0.05, 0.1) is 11.2 Å². The predicted molar refractivity (Wildman–Crippen MR) is 112 cm³/mol. The van der Waals surface area contributed by atoms with Gasteiger partial charge in [-0.1, -0.05) is 26.0 Å². The van der Waals surface area contributed by atoms with Gasteiger partial charge < -0.3 is 10.0 Å². The maximum Gasteiger partial charge on any atom is 0.290 e. The molecule has 1 saturated heterocycles. The average Bonchev–Trinajstić information content (AvgIpc) is 2.94. The van der Waals surface area contributed by atoms with E-state index in [0.717, 1.165) is 50.4 Å². The molecule has 1 aromatic heterocycles. The zero-order valence-electron chi connectivity index (χ0n) is 16.8. The van der Waals surface area contributed by atoms with E-state index in [9.17, 15) is 4.79 Å². The summed E-state index contributed by atoms with van der Waals surface area (Å²) in [6, 6.07) is 8.09. The minimum absolute atomic E-state index is 0.165. The van der Waals surface area contributed by atoms with E-state index in [2.05, 4.69) is 42.8 Å². The SMILES string of the molecule is Cc1ncsc1CN1CCCN(C(=O)c2cccc(C(C)C)c2)CC1.O=CO. The highest BCUT2D eigenvalue weighted by Gasteiger charge is 2.21. The van der Waals surface area contributed by atoms with E-state index in [1.54, 1.807) is 11.3 Å². The predicted octanol–water partition coefficient (Wildman–Crippen LogP) is 3.62. The van der Waals surface area contributed by atoms with Crippen molar-refractivity contribution in [1.82, 2.24) is 14.8 Å². The van der Waals surface area contributed by atoms with E-state index in [4.69, 9.17) is 9.90 Å². The van der Waals surface area contributed by atoms with Crippen LogP contribution < -0.4 is 0 Å². The number of aromatic nitrogens is 1. The van der Waals surface area contributed by atoms with Crippen LogP contribution in [0.2, 0.25) is 0 Å². The zero-order valence-corrected chi connectivity index (χ0v) is 17.6. The van der Waals surface area contributed by atoms with Crippen molar-refractivity contribution >= 4 is 23.7 Å². The van der Waals surface area contributed by atoms with E-state index < -0.39 is 0 Å². The van der Waals surface area contributed by atoms with Gasteiger partial charge in [0.25, 0.3) is 12.4 Å². The Morgan fingerprint density at radius 2 is 2.04 bits per heavy atom. The highest BCUT2D eigenvalue weighted by atomic mass is 32.1. The highest BCUT2D eigenvalue weighted by Crippen LogP contribution is 2.19. The molecule has 0 unspecified atom stereocenters. The minimum atomic E-state index is -0.250. The highest BCUT2D eigenvalue weighted by molar-refractivity contribution is 7.09. The molecule has 2 aromatic rings. The second-order valence-corrected chi connectivity index (χ2v) is 8.11. The van der Waals surface area contributed by atoms with Crippen molar-refractivity contribution in [2.24, 2.45) is 0 Å². The van der Waals surface area contributed by atoms with Crippen molar-refractivity contribution < 1.29 is 14.7 Å². The van der Waals surface area contributed by atoms with Gasteiger partial charge in [-0.25, -0.2) is 4.98 Å². The number of rotatable bonds is 4. The average molecular weight is 404 g/mol. The van der Waals surface area contributed by atoms with E-state index in [1.807, 2.05) is 22.5 Å². The van der Waals surface area contributed by atoms with Crippen LogP contribution in [0.5, 0.6) is 0 Å². The third-order valence-electron chi connectivity index (χ3n) is 4.89. The summed E-state index contributed by atoms with van der Waals surface area (Å²) in [7, 11) is 0. The standard InChI is InChI=1S/C20H27N3OS.CH2O2/c1-15(2)17-6-4-7-18(12-17)20(24)23-9-5-8-22(10-11-23)13-19-16(3)21-14-25-19;2-1-3/h4,6-7,12,14-15H,5,8-11,13H2,1-3H3;1H,(H,2,3). The maximum absolute atomic E-state index is 12.9. The third-order valence-corrected chi connectivity index (χ3v) is 5.81. The van der Waals surface area contributed by atoms with Crippen molar-refractivity contribution in [3.63, 3.8) is 0 Å². The van der Waals surface area contributed by atoms with Gasteiger partial charge in [0.15, 0.2) is 0 Å². The Labute approximate surface area is 170 Å². The number of carbonyl (C=O) groups is 2. The van der Waals surface area contributed by atoms with Crippen LogP contribution in [-0.2, 0) is 11.3 Å². The van der Waals surface area contributed by atoms with Crippen LogP contribution in [0, 0.1) is 6.92 Å². The molecule has 1 amide bonds. The largest absolute Gasteiger partial charge is 0.483 e. The summed E-state index contributed by atoms with van der Waals surface area (Å²) in [5.41, 5.74) is 5.09. The Hall–Kier alpha value is -2.25. The van der Waals surface area contributed by atoms with Crippen LogP contribution in [0.15, 0.2) is 29.8 Å². The lowest BCUT2D eigenvalue weighted by atomic mass is 10.0. The van der Waals surface area contributed by atoms with Crippen LogP contribution in [0.3, 0.4) is 0 Å². The normalized spacial score (nSPS) is 14.9. The molecule has 0 radical (unpaired) electrons. The fourth-order valence-electron chi connectivity index (χ4n) is 3.23. The number of aryl methyl sites for hydroxylation is 1. The fourth-order valence-corrected chi connectivity index (χ4v) is 4.05. The quantitative estimate of drug-likeness (QED) is 0.789. The molecule has 0 aliphatic carbocycles. The molecule has 0 spiro atoms. The third kappa shape index (κ3) is 6.14. The molecule has 1 aromatic carbocycles. The van der Waals surface area contributed by atoms with E-state index in [-0.39, 0.29) is 12.4 Å². The van der Waals surface area contributed by atoms with Gasteiger partial charge in [-0.05, 0) is 37.0 Å². The minimum Gasteiger partial charge on any atom is -0.483 e. The lowest BCUT2D eigenvalue weighted by Gasteiger charge is -2.22. The summed E-state index contributed by atoms with van der Waals surface area (Å²) < 4.78 is 0. The number of hydrogen-bond acceptors (Lipinski definition) is 5. The van der Waals surface area contributed by atoms with Gasteiger partial charge in [0.2, 0.25) is 0 Å². The molecule has 3 rings (SSSR count). The zero-order chi connectivity index (χ0) is 20.5. The van der Waals surface area contributed by atoms with Gasteiger partial charge in [-0.3, -0.25) is 14.5 Å². The van der Waals surface area contributed by atoms with Crippen LogP contribution in [0.4, 0.5) is 0 Å². The topological polar surface area (TPSA) is 73.7 Å². The Bertz CT molecular complexity index is 776. The van der Waals surface area contributed by atoms with Crippen LogP contribution in [-0.4, -0.2) is 58.4 Å². The van der Waals surface area contributed by atoms with Gasteiger partial charge in [0, 0.05) is 43.2 Å². The van der Waals surface area contributed by atoms with Crippen molar-refractivity contribution in [3.8, 4) is 0 Å². The molecule has 152 valence electrons. The van der Waals surface area contributed by atoms with E-state index >= 15 is 0 Å². The summed E-state index contributed by atoms with van der Waals surface area (Å²) in [5, 5.41) is 6.89. The molecule has 6 nitrogen and oxygen atoms in total. The molecule has 0 bridgehead atoms. The molecule has 2 heterocycles. The van der Waals surface area contributed by atoms with Crippen molar-refractivity contribution in [3.05, 3.63) is 51.5 Å². The molecule has 0 atom stereocenters. The Morgan fingerprint density at radius 3 is 2.68 bits per heavy atom. The van der Waals surface area contributed by atoms with Crippen molar-refractivity contribution in [1.29, 1.82) is 0 Å². The number of carbonyl (C=O) groups excluding carboxylic acids is 1. The van der Waals surface area contributed by atoms with Crippen molar-refractivity contribution in [2.45, 2.75) is 39.7 Å². The molecule has 7 heteroatoms. The van der Waals surface area contributed by atoms with Crippen LogP contribution in [0.1, 0.15) is 52.7 Å². The summed E-state index contributed by atoms with van der Waals surface area (Å²) >= 11 is 1.72. The first kappa shape index (κ1) is 22.0. The number of thiazole rings is 1. The Kier molecular flexibility index (Phi) is 8.60. The second kappa shape index (κ2) is 10.9. The smallest absolute Gasteiger partial charge is 0.290 e. The Balaban J connectivity index is 0.000000878. The first-order valence-corrected chi connectivity index (χ1v) is 10.4. The molecule has 1 fully saturated rings. The first-order valence-electron chi connectivity index (χ1n) is 9.54. The number of amides is 1. The molecule has 1 aliphatic rings. The number of hydrogen-bond donors (Lipinski definition) is 1. The summed E-state index contributed by atoms with van der Waals surface area (Å²) in [4.78, 5) is 31.4. The summed E-state index contributed by atoms with van der Waals surface area (Å²) in [6.45, 7) is 10.7. The van der Waals surface area contributed by atoms with Gasteiger partial charge in [-0.15, -0.1) is 11.3 Å². The van der Waals surface area contributed by atoms with Gasteiger partial charge >= 0.3 is 0 Å². The molecule has 1 aliphatic heterocycles. The molecular weight excluding hydrogens is 374 g/mol. The first-order chi connectivity index (χ1) is 13.5. The van der Waals surface area contributed by atoms with Gasteiger partial charge in [-0.2, -0.15) is 0 Å². The van der Waals surface area contributed by atoms with Crippen LogP contribution in [0.25, 0.3) is 0 Å². The summed E-state index contributed by atoms with van der Waals surface area (Å²) in [5.74, 6) is 0.605. The lowest BCUT2D eigenvalue weighted by molar-refractivity contribution is -0.122. The van der Waals surface area contributed by atoms with Crippen LogP contribution >= 0.6 is 11.3 Å². The van der Waals surface area contributed by atoms with E-state index in [1.165, 1.54) is 10.4 Å². The van der Waals surface area contributed by atoms with Crippen molar-refractivity contribution in [2.75, 3.05) is 26.2 Å². The second-order valence-electron chi connectivity index (χ2n) is 7.17.